The van der Waals surface area contributed by atoms with E-state index in [4.69, 9.17) is 4.42 Å². The van der Waals surface area contributed by atoms with Gasteiger partial charge in [0.05, 0.1) is 18.8 Å². The monoisotopic (exact) mass is 526 g/mol. The average molecular weight is 527 g/mol. The van der Waals surface area contributed by atoms with Gasteiger partial charge in [0, 0.05) is 17.6 Å². The Morgan fingerprint density at radius 3 is 2.62 bits per heavy atom. The van der Waals surface area contributed by atoms with Gasteiger partial charge in [-0.1, -0.05) is 38.0 Å². The third-order valence-corrected chi connectivity index (χ3v) is 7.68. The van der Waals surface area contributed by atoms with Crippen LogP contribution in [0.3, 0.4) is 0 Å². The molecule has 6 rings (SSSR count). The first-order valence-electron chi connectivity index (χ1n) is 13.5. The number of benzene rings is 2. The maximum absolute atomic E-state index is 13.8. The highest BCUT2D eigenvalue weighted by molar-refractivity contribution is 5.80. The molecule has 1 saturated carbocycles. The van der Waals surface area contributed by atoms with Crippen LogP contribution in [0.5, 0.6) is 0 Å². The summed E-state index contributed by atoms with van der Waals surface area (Å²) in [5, 5.41) is 14.0. The summed E-state index contributed by atoms with van der Waals surface area (Å²) in [6, 6.07) is 17.9. The van der Waals surface area contributed by atoms with Gasteiger partial charge in [-0.3, -0.25) is 9.69 Å². The molecule has 0 saturated heterocycles. The van der Waals surface area contributed by atoms with Crippen molar-refractivity contribution in [2.45, 2.75) is 64.2 Å². The predicted octanol–water partition coefficient (Wildman–Crippen LogP) is 5.72. The van der Waals surface area contributed by atoms with Crippen LogP contribution in [0.1, 0.15) is 73.0 Å². The van der Waals surface area contributed by atoms with Crippen LogP contribution >= 0.6 is 0 Å². The molecule has 1 atom stereocenters. The highest BCUT2D eigenvalue weighted by atomic mass is 19.1. The van der Waals surface area contributed by atoms with E-state index in [1.165, 1.54) is 17.7 Å². The zero-order valence-electron chi connectivity index (χ0n) is 21.9. The fraction of sp³-hybridized carbons (Fsp3) is 0.333. The molecule has 3 heterocycles. The summed E-state index contributed by atoms with van der Waals surface area (Å²) in [5.41, 5.74) is 3.23. The number of aromatic amines is 1. The van der Waals surface area contributed by atoms with Crippen molar-refractivity contribution in [3.63, 3.8) is 0 Å². The van der Waals surface area contributed by atoms with Crippen LogP contribution in [0.4, 0.5) is 4.39 Å². The van der Waals surface area contributed by atoms with Crippen molar-refractivity contribution in [1.29, 1.82) is 0 Å². The number of nitrogens with zero attached hydrogens (tertiary/aromatic N) is 5. The van der Waals surface area contributed by atoms with Gasteiger partial charge in [0.2, 0.25) is 0 Å². The van der Waals surface area contributed by atoms with Gasteiger partial charge in [-0.15, -0.1) is 5.10 Å². The Balaban J connectivity index is 1.53. The molecular formula is C30H31FN6O2. The molecule has 1 aliphatic carbocycles. The lowest BCUT2D eigenvalue weighted by Gasteiger charge is -2.31. The molecule has 3 aromatic heterocycles. The van der Waals surface area contributed by atoms with Crippen LogP contribution in [0.25, 0.3) is 10.9 Å². The lowest BCUT2D eigenvalue weighted by molar-refractivity contribution is 0.176. The molecule has 200 valence electrons. The topological polar surface area (TPSA) is 92.8 Å². The normalized spacial score (nSPS) is 14.9. The van der Waals surface area contributed by atoms with E-state index in [1.54, 1.807) is 18.4 Å². The first-order chi connectivity index (χ1) is 19.1. The Kier molecular flexibility index (Phi) is 7.06. The number of pyridine rings is 1. The van der Waals surface area contributed by atoms with Crippen LogP contribution < -0.4 is 5.56 Å². The zero-order chi connectivity index (χ0) is 26.8. The molecule has 1 fully saturated rings. The van der Waals surface area contributed by atoms with Crippen LogP contribution in [0.15, 0.2) is 76.1 Å². The van der Waals surface area contributed by atoms with Gasteiger partial charge < -0.3 is 9.40 Å². The highest BCUT2D eigenvalue weighted by Crippen LogP contribution is 2.35. The van der Waals surface area contributed by atoms with Gasteiger partial charge >= 0.3 is 0 Å². The highest BCUT2D eigenvalue weighted by Gasteiger charge is 2.34. The molecule has 8 nitrogen and oxygen atoms in total. The van der Waals surface area contributed by atoms with Gasteiger partial charge in [-0.25, -0.2) is 9.07 Å². The van der Waals surface area contributed by atoms with E-state index in [0.29, 0.717) is 24.5 Å². The van der Waals surface area contributed by atoms with Crippen LogP contribution in [-0.2, 0) is 19.5 Å². The van der Waals surface area contributed by atoms with Crippen molar-refractivity contribution in [2.75, 3.05) is 0 Å². The molecule has 0 radical (unpaired) electrons. The Labute approximate surface area is 225 Å². The standard InChI is InChI=1S/C30H31FN6O2/c1-2-20-11-14-27-22(16-20)17-26(30(38)32-27)28(29-33-34-35-37(29)24-6-3-4-7-24)36(19-25-8-5-15-39-25)18-21-9-12-23(31)13-10-21/h5,8-17,24,28H,2-4,6-7,18-19H2,1H3,(H,32,38)/t28-/m0/s1. The second-order valence-corrected chi connectivity index (χ2v) is 10.3. The number of aryl methyl sites for hydroxylation is 1. The van der Waals surface area contributed by atoms with Crippen molar-refractivity contribution in [3.8, 4) is 0 Å². The van der Waals surface area contributed by atoms with Gasteiger partial charge in [0.25, 0.3) is 5.56 Å². The molecular weight excluding hydrogens is 495 g/mol. The molecule has 0 unspecified atom stereocenters. The Morgan fingerprint density at radius 1 is 1.08 bits per heavy atom. The number of aromatic nitrogens is 5. The number of hydrogen-bond donors (Lipinski definition) is 1. The van der Waals surface area contributed by atoms with E-state index >= 15 is 0 Å². The van der Waals surface area contributed by atoms with E-state index in [9.17, 15) is 9.18 Å². The lowest BCUT2D eigenvalue weighted by Crippen LogP contribution is -2.35. The van der Waals surface area contributed by atoms with E-state index in [-0.39, 0.29) is 17.4 Å². The molecule has 0 spiro atoms. The quantitative estimate of drug-likeness (QED) is 0.264. The number of hydrogen-bond acceptors (Lipinski definition) is 6. The van der Waals surface area contributed by atoms with E-state index in [2.05, 4.69) is 38.4 Å². The van der Waals surface area contributed by atoms with Crippen molar-refractivity contribution in [1.82, 2.24) is 30.1 Å². The molecule has 39 heavy (non-hydrogen) atoms. The molecule has 5 aromatic rings. The Bertz CT molecular complexity index is 1600. The number of furan rings is 1. The van der Waals surface area contributed by atoms with Gasteiger partial charge in [0.1, 0.15) is 17.6 Å². The summed E-state index contributed by atoms with van der Waals surface area (Å²) < 4.78 is 21.4. The maximum Gasteiger partial charge on any atom is 0.253 e. The fourth-order valence-electron chi connectivity index (χ4n) is 5.65. The number of halogens is 1. The molecule has 9 heteroatoms. The number of H-pyrrole nitrogens is 1. The van der Waals surface area contributed by atoms with E-state index in [0.717, 1.165) is 54.3 Å². The molecule has 0 aliphatic heterocycles. The summed E-state index contributed by atoms with van der Waals surface area (Å²) >= 11 is 0. The van der Waals surface area contributed by atoms with Crippen LogP contribution in [0.2, 0.25) is 0 Å². The number of fused-ring (bicyclic) bond motifs is 1. The van der Waals surface area contributed by atoms with Crippen LogP contribution in [0, 0.1) is 5.82 Å². The predicted molar refractivity (Wildman–Crippen MR) is 145 cm³/mol. The molecule has 1 N–H and O–H groups in total. The third-order valence-electron chi connectivity index (χ3n) is 7.68. The first kappa shape index (κ1) is 25.2. The average Bonchev–Trinajstić information content (AvgIpc) is 3.73. The summed E-state index contributed by atoms with van der Waals surface area (Å²) in [6.07, 6.45) is 6.76. The number of nitrogens with one attached hydrogen (secondary N) is 1. The van der Waals surface area contributed by atoms with Crippen molar-refractivity contribution >= 4 is 10.9 Å². The van der Waals surface area contributed by atoms with E-state index < -0.39 is 6.04 Å². The van der Waals surface area contributed by atoms with E-state index in [1.807, 2.05) is 35.0 Å². The fourth-order valence-corrected chi connectivity index (χ4v) is 5.65. The summed E-state index contributed by atoms with van der Waals surface area (Å²) in [5.74, 6) is 1.07. The largest absolute Gasteiger partial charge is 0.468 e. The molecule has 0 bridgehead atoms. The summed E-state index contributed by atoms with van der Waals surface area (Å²) in [7, 11) is 0. The third kappa shape index (κ3) is 5.27. The summed E-state index contributed by atoms with van der Waals surface area (Å²) in [6.45, 7) is 2.94. The molecule has 1 aliphatic rings. The van der Waals surface area contributed by atoms with Crippen molar-refractivity contribution < 1.29 is 8.81 Å². The first-order valence-corrected chi connectivity index (χ1v) is 13.5. The second kappa shape index (κ2) is 10.9. The lowest BCUT2D eigenvalue weighted by atomic mass is 10.0. The Morgan fingerprint density at radius 2 is 1.87 bits per heavy atom. The second-order valence-electron chi connectivity index (χ2n) is 10.3. The minimum atomic E-state index is -0.575. The zero-order valence-corrected chi connectivity index (χ0v) is 21.9. The van der Waals surface area contributed by atoms with Crippen molar-refractivity contribution in [2.24, 2.45) is 0 Å². The summed E-state index contributed by atoms with van der Waals surface area (Å²) in [4.78, 5) is 18.9. The van der Waals surface area contributed by atoms with Crippen LogP contribution in [-0.4, -0.2) is 30.1 Å². The smallest absolute Gasteiger partial charge is 0.253 e. The SMILES string of the molecule is CCc1ccc2[nH]c(=O)c([C@@H](c3nnnn3C3CCCC3)N(Cc3ccc(F)cc3)Cc3ccco3)cc2c1. The maximum atomic E-state index is 13.8. The number of rotatable bonds is 9. The minimum absolute atomic E-state index is 0.181. The minimum Gasteiger partial charge on any atom is -0.468 e. The van der Waals surface area contributed by atoms with Gasteiger partial charge in [-0.2, -0.15) is 0 Å². The Hall–Kier alpha value is -4.11. The molecule has 0 amide bonds. The van der Waals surface area contributed by atoms with Gasteiger partial charge in [0.15, 0.2) is 5.82 Å². The van der Waals surface area contributed by atoms with Gasteiger partial charge in [-0.05, 0) is 88.7 Å². The van der Waals surface area contributed by atoms with Crippen molar-refractivity contribution in [3.05, 3.63) is 111 Å². The molecule has 2 aromatic carbocycles. The number of tetrazole rings is 1.